The molecule has 0 unspecified atom stereocenters. The van der Waals surface area contributed by atoms with Crippen LogP contribution in [0.2, 0.25) is 0 Å². The lowest BCUT2D eigenvalue weighted by molar-refractivity contribution is -0.138. The molecule has 6 heteroatoms. The van der Waals surface area contributed by atoms with Gasteiger partial charge in [0.15, 0.2) is 0 Å². The molecule has 21 heavy (non-hydrogen) atoms. The van der Waals surface area contributed by atoms with Gasteiger partial charge < -0.3 is 9.84 Å². The van der Waals surface area contributed by atoms with E-state index in [2.05, 4.69) is 33.0 Å². The third-order valence-corrected chi connectivity index (χ3v) is 4.28. The minimum atomic E-state index is -0.748. The average molecular weight is 357 g/mol. The Morgan fingerprint density at radius 3 is 2.67 bits per heavy atom. The summed E-state index contributed by atoms with van der Waals surface area (Å²) in [6, 6.07) is 6.12. The van der Waals surface area contributed by atoms with Crippen LogP contribution in [0.4, 0.5) is 0 Å². The summed E-state index contributed by atoms with van der Waals surface area (Å²) in [6.45, 7) is 4.58. The second kappa shape index (κ2) is 7.77. The summed E-state index contributed by atoms with van der Waals surface area (Å²) in [5.41, 5.74) is 1.23. The topological polar surface area (TPSA) is 53.0 Å². The molecule has 1 saturated heterocycles. The van der Waals surface area contributed by atoms with Crippen molar-refractivity contribution < 1.29 is 14.6 Å². The van der Waals surface area contributed by atoms with Crippen LogP contribution in [0.1, 0.15) is 12.0 Å². The van der Waals surface area contributed by atoms with Crippen molar-refractivity contribution in [3.8, 4) is 5.75 Å². The second-order valence-corrected chi connectivity index (χ2v) is 6.12. The number of carboxylic acids is 1. The number of benzene rings is 1. The molecule has 1 aromatic rings. The van der Waals surface area contributed by atoms with Gasteiger partial charge in [0.1, 0.15) is 5.75 Å². The van der Waals surface area contributed by atoms with Crippen LogP contribution in [0, 0.1) is 0 Å². The fraction of sp³-hybridized carbons (Fsp3) is 0.533. The fourth-order valence-electron chi connectivity index (χ4n) is 2.60. The highest BCUT2D eigenvalue weighted by Crippen LogP contribution is 2.26. The van der Waals surface area contributed by atoms with Crippen LogP contribution in [-0.4, -0.2) is 60.7 Å². The predicted molar refractivity (Wildman–Crippen MR) is 84.7 cm³/mol. The molecule has 2 rings (SSSR count). The second-order valence-electron chi connectivity index (χ2n) is 5.27. The summed E-state index contributed by atoms with van der Waals surface area (Å²) in [7, 11) is 1.66. The molecule has 0 radical (unpaired) electrons. The molecule has 0 aromatic heterocycles. The van der Waals surface area contributed by atoms with E-state index < -0.39 is 5.97 Å². The molecule has 0 atom stereocenters. The van der Waals surface area contributed by atoms with Crippen molar-refractivity contribution in [1.29, 1.82) is 0 Å². The maximum Gasteiger partial charge on any atom is 0.317 e. The molecule has 0 aliphatic carbocycles. The van der Waals surface area contributed by atoms with E-state index >= 15 is 0 Å². The van der Waals surface area contributed by atoms with Crippen LogP contribution < -0.4 is 4.74 Å². The van der Waals surface area contributed by atoms with Crippen molar-refractivity contribution in [1.82, 2.24) is 9.80 Å². The molecule has 0 spiro atoms. The molecule has 0 bridgehead atoms. The number of nitrogens with zero attached hydrogens (tertiary/aromatic N) is 2. The Balaban J connectivity index is 1.91. The molecule has 1 N–H and O–H groups in total. The van der Waals surface area contributed by atoms with Gasteiger partial charge in [0.05, 0.1) is 18.1 Å². The van der Waals surface area contributed by atoms with E-state index in [0.29, 0.717) is 0 Å². The van der Waals surface area contributed by atoms with E-state index in [9.17, 15) is 4.79 Å². The van der Waals surface area contributed by atoms with Crippen LogP contribution in [0.25, 0.3) is 0 Å². The van der Waals surface area contributed by atoms with Gasteiger partial charge in [-0.15, -0.1) is 0 Å². The molecule has 1 aliphatic heterocycles. The zero-order valence-corrected chi connectivity index (χ0v) is 13.8. The van der Waals surface area contributed by atoms with Gasteiger partial charge in [-0.3, -0.25) is 14.6 Å². The first kappa shape index (κ1) is 16.3. The number of rotatable bonds is 5. The Bertz CT molecular complexity index is 496. The number of carbonyl (C=O) groups is 1. The lowest BCUT2D eigenvalue weighted by Gasteiger charge is -2.21. The van der Waals surface area contributed by atoms with E-state index in [1.54, 1.807) is 7.11 Å². The maximum atomic E-state index is 10.8. The molecular formula is C15H21BrN2O3. The Hall–Kier alpha value is -1.11. The van der Waals surface area contributed by atoms with Crippen LogP contribution in [0.3, 0.4) is 0 Å². The van der Waals surface area contributed by atoms with Gasteiger partial charge >= 0.3 is 5.97 Å². The highest BCUT2D eigenvalue weighted by atomic mass is 79.9. The largest absolute Gasteiger partial charge is 0.496 e. The summed E-state index contributed by atoms with van der Waals surface area (Å²) in [6.07, 6.45) is 1.00. The van der Waals surface area contributed by atoms with Crippen molar-refractivity contribution in [2.24, 2.45) is 0 Å². The minimum Gasteiger partial charge on any atom is -0.496 e. The van der Waals surface area contributed by atoms with Gasteiger partial charge in [0.25, 0.3) is 0 Å². The molecule has 1 aliphatic rings. The summed E-state index contributed by atoms with van der Waals surface area (Å²) >= 11 is 3.51. The Labute approximate surface area is 133 Å². The highest BCUT2D eigenvalue weighted by molar-refractivity contribution is 9.10. The first-order valence-electron chi connectivity index (χ1n) is 7.07. The standard InChI is InChI=1S/C15H21BrN2O3/c1-21-14-4-3-12(9-13(14)16)10-17-5-2-6-18(8-7-17)11-15(19)20/h3-4,9H,2,5-8,10-11H2,1H3,(H,19,20). The zero-order valence-electron chi connectivity index (χ0n) is 12.2. The maximum absolute atomic E-state index is 10.8. The lowest BCUT2D eigenvalue weighted by atomic mass is 10.2. The number of hydrogen-bond acceptors (Lipinski definition) is 4. The average Bonchev–Trinajstić information content (AvgIpc) is 2.64. The van der Waals surface area contributed by atoms with Crippen LogP contribution in [0.15, 0.2) is 22.7 Å². The quantitative estimate of drug-likeness (QED) is 0.874. The first-order chi connectivity index (χ1) is 10.1. The summed E-state index contributed by atoms with van der Waals surface area (Å²) in [5, 5.41) is 8.87. The van der Waals surface area contributed by atoms with E-state index in [-0.39, 0.29) is 6.54 Å². The van der Waals surface area contributed by atoms with E-state index in [0.717, 1.165) is 49.4 Å². The smallest absolute Gasteiger partial charge is 0.317 e. The molecule has 1 heterocycles. The SMILES string of the molecule is COc1ccc(CN2CCCN(CC(=O)O)CC2)cc1Br. The molecule has 0 saturated carbocycles. The van der Waals surface area contributed by atoms with Crippen molar-refractivity contribution in [2.45, 2.75) is 13.0 Å². The van der Waals surface area contributed by atoms with Crippen molar-refractivity contribution in [3.05, 3.63) is 28.2 Å². The van der Waals surface area contributed by atoms with Crippen LogP contribution in [0.5, 0.6) is 5.75 Å². The minimum absolute atomic E-state index is 0.141. The Morgan fingerprint density at radius 2 is 2.00 bits per heavy atom. The third-order valence-electron chi connectivity index (χ3n) is 3.66. The number of aliphatic carboxylic acids is 1. The zero-order chi connectivity index (χ0) is 15.2. The molecule has 116 valence electrons. The molecule has 1 fully saturated rings. The summed E-state index contributed by atoms with van der Waals surface area (Å²) in [5.74, 6) is 0.0878. The van der Waals surface area contributed by atoms with Crippen molar-refractivity contribution in [3.63, 3.8) is 0 Å². The van der Waals surface area contributed by atoms with E-state index in [1.165, 1.54) is 5.56 Å². The Morgan fingerprint density at radius 1 is 1.29 bits per heavy atom. The highest BCUT2D eigenvalue weighted by Gasteiger charge is 2.17. The third kappa shape index (κ3) is 4.98. The Kier molecular flexibility index (Phi) is 6.02. The first-order valence-corrected chi connectivity index (χ1v) is 7.86. The molecule has 5 nitrogen and oxygen atoms in total. The van der Waals surface area contributed by atoms with Gasteiger partial charge in [0, 0.05) is 26.2 Å². The number of methoxy groups -OCH3 is 1. The lowest BCUT2D eigenvalue weighted by Crippen LogP contribution is -2.34. The number of halogens is 1. The van der Waals surface area contributed by atoms with E-state index in [4.69, 9.17) is 9.84 Å². The van der Waals surface area contributed by atoms with Crippen molar-refractivity contribution >= 4 is 21.9 Å². The summed E-state index contributed by atoms with van der Waals surface area (Å²) in [4.78, 5) is 15.2. The monoisotopic (exact) mass is 356 g/mol. The van der Waals surface area contributed by atoms with Crippen LogP contribution in [-0.2, 0) is 11.3 Å². The molecule has 1 aromatic carbocycles. The molecular weight excluding hydrogens is 336 g/mol. The van der Waals surface area contributed by atoms with Gasteiger partial charge in [-0.2, -0.15) is 0 Å². The number of carboxylic acid groups (broad SMARTS) is 1. The van der Waals surface area contributed by atoms with E-state index in [1.807, 2.05) is 11.0 Å². The predicted octanol–water partition coefficient (Wildman–Crippen LogP) is 2.05. The summed E-state index contributed by atoms with van der Waals surface area (Å²) < 4.78 is 6.20. The van der Waals surface area contributed by atoms with Crippen molar-refractivity contribution in [2.75, 3.05) is 39.8 Å². The van der Waals surface area contributed by atoms with Gasteiger partial charge in [0.2, 0.25) is 0 Å². The van der Waals surface area contributed by atoms with Gasteiger partial charge in [-0.05, 0) is 46.6 Å². The van der Waals surface area contributed by atoms with Gasteiger partial charge in [-0.25, -0.2) is 0 Å². The van der Waals surface area contributed by atoms with Crippen LogP contribution >= 0.6 is 15.9 Å². The normalized spacial score (nSPS) is 17.4. The fourth-order valence-corrected chi connectivity index (χ4v) is 3.19. The van der Waals surface area contributed by atoms with Gasteiger partial charge in [-0.1, -0.05) is 6.07 Å². The number of hydrogen-bond donors (Lipinski definition) is 1. The number of ether oxygens (including phenoxy) is 1. The molecule has 0 amide bonds.